The van der Waals surface area contributed by atoms with Crippen molar-refractivity contribution in [2.45, 2.75) is 94.0 Å². The molecule has 206 valence electrons. The molecule has 1 saturated carbocycles. The average Bonchev–Trinajstić information content (AvgIpc) is 3.40. The van der Waals surface area contributed by atoms with Gasteiger partial charge in [-0.25, -0.2) is 8.42 Å². The summed E-state index contributed by atoms with van der Waals surface area (Å²) in [5.74, 6) is 0.197. The van der Waals surface area contributed by atoms with Crippen molar-refractivity contribution in [3.63, 3.8) is 0 Å². The van der Waals surface area contributed by atoms with E-state index in [0.717, 1.165) is 24.8 Å². The Morgan fingerprint density at radius 1 is 1.19 bits per heavy atom. The van der Waals surface area contributed by atoms with Crippen LogP contribution < -0.4 is 0 Å². The van der Waals surface area contributed by atoms with Crippen LogP contribution in [-0.4, -0.2) is 49.2 Å². The number of carbonyl (C=O) groups excluding carboxylic acids is 1. The highest BCUT2D eigenvalue weighted by Crippen LogP contribution is 2.49. The second-order valence-electron chi connectivity index (χ2n) is 10.9. The molecule has 2 N–H and O–H groups in total. The second kappa shape index (κ2) is 13.7. The van der Waals surface area contributed by atoms with E-state index in [0.29, 0.717) is 38.0 Å². The molecular weight excluding hydrogens is 488 g/mol. The number of sulfone groups is 1. The summed E-state index contributed by atoms with van der Waals surface area (Å²) in [4.78, 5) is 12.0. The van der Waals surface area contributed by atoms with Crippen LogP contribution in [0.4, 0.5) is 0 Å². The van der Waals surface area contributed by atoms with Crippen molar-refractivity contribution in [1.82, 2.24) is 0 Å². The van der Waals surface area contributed by atoms with Crippen LogP contribution in [0.25, 0.3) is 0 Å². The molecular formula is C30H44O6S. The quantitative estimate of drug-likeness (QED) is 0.251. The molecule has 7 atom stereocenters. The third-order valence-corrected chi connectivity index (χ3v) is 10.3. The Balaban J connectivity index is 1.74. The number of fused-ring (bicyclic) bond motifs is 1. The zero-order chi connectivity index (χ0) is 27.0. The van der Waals surface area contributed by atoms with Gasteiger partial charge in [-0.05, 0) is 62.0 Å². The van der Waals surface area contributed by atoms with Gasteiger partial charge >= 0.3 is 5.97 Å². The lowest BCUT2D eigenvalue weighted by molar-refractivity contribution is -0.140. The fraction of sp³-hybridized carbons (Fsp3) is 0.633. The van der Waals surface area contributed by atoms with Crippen LogP contribution in [0.3, 0.4) is 0 Å². The summed E-state index contributed by atoms with van der Waals surface area (Å²) in [5, 5.41) is 20.6. The minimum atomic E-state index is -3.64. The maximum atomic E-state index is 13.7. The SMILES string of the molecule is CCCCC(C)C[C@H](O)/C=C/[C@H]1[C@H]2CC(C(CCCC(=O)OC)S(=O)(=O)c3ccccc3)=C[C@H]2C[C@H]1O. The summed E-state index contributed by atoms with van der Waals surface area (Å²) in [6, 6.07) is 8.49. The number of aliphatic hydroxyl groups is 2. The molecule has 7 heteroatoms. The Labute approximate surface area is 222 Å². The molecule has 0 saturated heterocycles. The zero-order valence-electron chi connectivity index (χ0n) is 22.5. The van der Waals surface area contributed by atoms with E-state index in [1.807, 2.05) is 12.2 Å². The predicted octanol–water partition coefficient (Wildman–Crippen LogP) is 5.25. The number of unbranched alkanes of at least 4 members (excludes halogenated alkanes) is 1. The number of benzene rings is 1. The van der Waals surface area contributed by atoms with Gasteiger partial charge in [-0.15, -0.1) is 0 Å². The number of aliphatic hydroxyl groups excluding tert-OH is 2. The Hall–Kier alpha value is -1.96. The summed E-state index contributed by atoms with van der Waals surface area (Å²) in [6.45, 7) is 4.33. The number of methoxy groups -OCH3 is 1. The molecule has 37 heavy (non-hydrogen) atoms. The second-order valence-corrected chi connectivity index (χ2v) is 13.0. The number of hydrogen-bond acceptors (Lipinski definition) is 6. The van der Waals surface area contributed by atoms with Gasteiger partial charge in [0.2, 0.25) is 0 Å². The van der Waals surface area contributed by atoms with E-state index in [1.54, 1.807) is 30.3 Å². The summed E-state index contributed by atoms with van der Waals surface area (Å²) in [7, 11) is -2.30. The first-order chi connectivity index (χ1) is 17.7. The van der Waals surface area contributed by atoms with Crippen molar-refractivity contribution >= 4 is 15.8 Å². The highest BCUT2D eigenvalue weighted by Gasteiger charge is 2.46. The van der Waals surface area contributed by atoms with Gasteiger partial charge in [-0.1, -0.05) is 75.1 Å². The number of esters is 1. The van der Waals surface area contributed by atoms with Gasteiger partial charge in [0.1, 0.15) is 0 Å². The van der Waals surface area contributed by atoms with Crippen molar-refractivity contribution in [3.05, 3.63) is 54.1 Å². The molecule has 0 bridgehead atoms. The summed E-state index contributed by atoms with van der Waals surface area (Å²) in [6.07, 6.45) is 11.0. The first-order valence-corrected chi connectivity index (χ1v) is 15.3. The summed E-state index contributed by atoms with van der Waals surface area (Å²) in [5.41, 5.74) is 0.878. The molecule has 0 aromatic heterocycles. The van der Waals surface area contributed by atoms with Gasteiger partial charge in [-0.3, -0.25) is 4.79 Å². The third-order valence-electron chi connectivity index (χ3n) is 8.09. The Bertz CT molecular complexity index is 1030. The molecule has 0 heterocycles. The molecule has 0 radical (unpaired) electrons. The Kier molecular flexibility index (Phi) is 11.0. The molecule has 0 amide bonds. The maximum absolute atomic E-state index is 13.7. The van der Waals surface area contributed by atoms with Gasteiger partial charge in [0, 0.05) is 12.3 Å². The molecule has 3 rings (SSSR count). The van der Waals surface area contributed by atoms with Crippen LogP contribution in [0.5, 0.6) is 0 Å². The van der Waals surface area contributed by atoms with Crippen LogP contribution in [0.2, 0.25) is 0 Å². The lowest BCUT2D eigenvalue weighted by atomic mass is 9.88. The molecule has 1 fully saturated rings. The van der Waals surface area contributed by atoms with Gasteiger partial charge in [0.15, 0.2) is 9.84 Å². The van der Waals surface area contributed by atoms with E-state index in [2.05, 4.69) is 19.9 Å². The lowest BCUT2D eigenvalue weighted by Gasteiger charge is -2.23. The first kappa shape index (κ1) is 29.6. The molecule has 0 aliphatic heterocycles. The van der Waals surface area contributed by atoms with E-state index in [9.17, 15) is 23.4 Å². The van der Waals surface area contributed by atoms with Gasteiger partial charge in [0.05, 0.1) is 29.5 Å². The number of hydrogen-bond donors (Lipinski definition) is 2. The van der Waals surface area contributed by atoms with Crippen molar-refractivity contribution in [3.8, 4) is 0 Å². The minimum absolute atomic E-state index is 0.106. The molecule has 2 unspecified atom stereocenters. The molecule has 6 nitrogen and oxygen atoms in total. The molecule has 2 aliphatic rings. The van der Waals surface area contributed by atoms with Crippen molar-refractivity contribution in [2.24, 2.45) is 23.7 Å². The molecule has 1 aromatic carbocycles. The minimum Gasteiger partial charge on any atom is -0.469 e. The molecule has 2 aliphatic carbocycles. The van der Waals surface area contributed by atoms with Crippen LogP contribution >= 0.6 is 0 Å². The lowest BCUT2D eigenvalue weighted by Crippen LogP contribution is -2.25. The van der Waals surface area contributed by atoms with Crippen LogP contribution in [0.1, 0.15) is 71.6 Å². The number of allylic oxidation sites excluding steroid dienone is 1. The third kappa shape index (κ3) is 7.78. The highest BCUT2D eigenvalue weighted by molar-refractivity contribution is 7.92. The summed E-state index contributed by atoms with van der Waals surface area (Å²) < 4.78 is 32.1. The standard InChI is InChI=1S/C30H44O6S/c1-4-5-10-21(2)17-24(31)15-16-26-27-19-23(18-22(27)20-28(26)32)29(13-9-14-30(33)36-3)37(34,35)25-11-7-6-8-12-25/h6-8,11-12,15-16,18,21-22,24,26-29,31-32H,4-5,9-10,13-14,17,19-20H2,1-3H3/b16-15+/t21?,22-,24+,26-,27-,28+,29?/m0/s1. The topological polar surface area (TPSA) is 101 Å². The number of ether oxygens (including phenoxy) is 1. The fourth-order valence-electron chi connectivity index (χ4n) is 6.05. The zero-order valence-corrected chi connectivity index (χ0v) is 23.3. The van der Waals surface area contributed by atoms with Crippen molar-refractivity contribution in [1.29, 1.82) is 0 Å². The fourth-order valence-corrected chi connectivity index (χ4v) is 7.97. The largest absolute Gasteiger partial charge is 0.469 e. The maximum Gasteiger partial charge on any atom is 0.305 e. The van der Waals surface area contributed by atoms with E-state index >= 15 is 0 Å². The van der Waals surface area contributed by atoms with Gasteiger partial charge in [-0.2, -0.15) is 0 Å². The van der Waals surface area contributed by atoms with Gasteiger partial charge in [0.25, 0.3) is 0 Å². The average molecular weight is 533 g/mol. The van der Waals surface area contributed by atoms with Crippen LogP contribution in [0.15, 0.2) is 59.0 Å². The highest BCUT2D eigenvalue weighted by atomic mass is 32.2. The van der Waals surface area contributed by atoms with Crippen molar-refractivity contribution in [2.75, 3.05) is 7.11 Å². The summed E-state index contributed by atoms with van der Waals surface area (Å²) >= 11 is 0. The normalized spacial score (nSPS) is 26.0. The van der Waals surface area contributed by atoms with Crippen LogP contribution in [-0.2, 0) is 19.4 Å². The first-order valence-electron chi connectivity index (χ1n) is 13.8. The number of carbonyl (C=O) groups is 1. The van der Waals surface area contributed by atoms with Crippen molar-refractivity contribution < 1.29 is 28.2 Å². The Morgan fingerprint density at radius 3 is 2.59 bits per heavy atom. The predicted molar refractivity (Wildman–Crippen MR) is 146 cm³/mol. The van der Waals surface area contributed by atoms with E-state index in [1.165, 1.54) is 7.11 Å². The molecule has 0 spiro atoms. The smallest absolute Gasteiger partial charge is 0.305 e. The number of rotatable bonds is 14. The van der Waals surface area contributed by atoms with Gasteiger partial charge < -0.3 is 14.9 Å². The van der Waals surface area contributed by atoms with E-state index in [-0.39, 0.29) is 35.0 Å². The van der Waals surface area contributed by atoms with Crippen LogP contribution in [0, 0.1) is 23.7 Å². The van der Waals surface area contributed by atoms with E-state index in [4.69, 9.17) is 4.74 Å². The van der Waals surface area contributed by atoms with E-state index < -0.39 is 27.3 Å². The molecule has 1 aromatic rings. The Morgan fingerprint density at radius 2 is 1.92 bits per heavy atom. The monoisotopic (exact) mass is 532 g/mol.